The minimum atomic E-state index is -0.866. The number of hydrogen-bond donors (Lipinski definition) is 1. The van der Waals surface area contributed by atoms with Crippen LogP contribution in [0.5, 0.6) is 0 Å². The molecule has 2 fully saturated rings. The van der Waals surface area contributed by atoms with Crippen LogP contribution in [0.3, 0.4) is 0 Å². The smallest absolute Gasteiger partial charge is 0.312 e. The lowest BCUT2D eigenvalue weighted by Gasteiger charge is -2.39. The van der Waals surface area contributed by atoms with E-state index in [1.54, 1.807) is 4.90 Å². The van der Waals surface area contributed by atoms with Crippen LogP contribution in [-0.4, -0.2) is 61.4 Å². The molecule has 2 heterocycles. The summed E-state index contributed by atoms with van der Waals surface area (Å²) in [5.41, 5.74) is 7.56. The molecule has 0 bridgehead atoms. The molecule has 2 aliphatic rings. The van der Waals surface area contributed by atoms with E-state index in [4.69, 9.17) is 5.73 Å². The van der Waals surface area contributed by atoms with Crippen molar-refractivity contribution in [3.63, 3.8) is 0 Å². The molecule has 0 unspecified atom stereocenters. The van der Waals surface area contributed by atoms with Crippen molar-refractivity contribution in [2.24, 2.45) is 11.7 Å². The number of rotatable bonds is 2. The molecule has 0 spiro atoms. The molecule has 2 atom stereocenters. The molecule has 25 heavy (non-hydrogen) atoms. The van der Waals surface area contributed by atoms with Crippen LogP contribution < -0.4 is 10.6 Å². The standard InChI is InChI=1S/C19H28N4O2/c1-14-6-7-17(23(13-14)19(25)18(20)24)15-4-3-5-16(12-15)22-10-8-21(2)9-11-22/h3-5,12,14,17H,6-11,13H2,1-2H3,(H2,20,24)/t14-,17+/m0/s1. The molecule has 2 amide bonds. The van der Waals surface area contributed by atoms with Crippen molar-refractivity contribution in [3.05, 3.63) is 29.8 Å². The summed E-state index contributed by atoms with van der Waals surface area (Å²) in [5, 5.41) is 0. The van der Waals surface area contributed by atoms with Gasteiger partial charge in [-0.3, -0.25) is 9.59 Å². The second-order valence-corrected chi connectivity index (χ2v) is 7.41. The minimum absolute atomic E-state index is 0.0661. The van der Waals surface area contributed by atoms with Gasteiger partial charge >= 0.3 is 11.8 Å². The Balaban J connectivity index is 1.83. The first-order chi connectivity index (χ1) is 12.0. The maximum atomic E-state index is 12.3. The molecule has 2 N–H and O–H groups in total. The average molecular weight is 344 g/mol. The van der Waals surface area contributed by atoms with E-state index in [1.165, 1.54) is 5.69 Å². The monoisotopic (exact) mass is 344 g/mol. The third kappa shape index (κ3) is 3.95. The topological polar surface area (TPSA) is 69.9 Å². The molecule has 0 radical (unpaired) electrons. The number of benzene rings is 1. The minimum Gasteiger partial charge on any atom is -0.369 e. The summed E-state index contributed by atoms with van der Waals surface area (Å²) in [6.45, 7) is 6.81. The van der Waals surface area contributed by atoms with E-state index < -0.39 is 11.8 Å². The Morgan fingerprint density at radius 3 is 2.52 bits per heavy atom. The van der Waals surface area contributed by atoms with E-state index in [-0.39, 0.29) is 6.04 Å². The van der Waals surface area contributed by atoms with Crippen molar-refractivity contribution in [3.8, 4) is 0 Å². The Labute approximate surface area is 149 Å². The number of piperazine rings is 1. The molecule has 2 aliphatic heterocycles. The molecule has 136 valence electrons. The van der Waals surface area contributed by atoms with Crippen LogP contribution in [0.4, 0.5) is 5.69 Å². The predicted octanol–water partition coefficient (Wildman–Crippen LogP) is 1.22. The van der Waals surface area contributed by atoms with Gasteiger partial charge in [-0.2, -0.15) is 0 Å². The first-order valence-electron chi connectivity index (χ1n) is 9.09. The maximum Gasteiger partial charge on any atom is 0.312 e. The first kappa shape index (κ1) is 17.7. The highest BCUT2D eigenvalue weighted by atomic mass is 16.2. The van der Waals surface area contributed by atoms with Crippen molar-refractivity contribution in [2.75, 3.05) is 44.7 Å². The van der Waals surface area contributed by atoms with Gasteiger partial charge < -0.3 is 20.4 Å². The number of anilines is 1. The van der Waals surface area contributed by atoms with Gasteiger partial charge in [-0.15, -0.1) is 0 Å². The predicted molar refractivity (Wildman–Crippen MR) is 98.2 cm³/mol. The van der Waals surface area contributed by atoms with Crippen molar-refractivity contribution >= 4 is 17.5 Å². The molecule has 1 aromatic carbocycles. The molecule has 6 nitrogen and oxygen atoms in total. The number of piperidine rings is 1. The molecular weight excluding hydrogens is 316 g/mol. The average Bonchev–Trinajstić information content (AvgIpc) is 2.61. The van der Waals surface area contributed by atoms with Gasteiger partial charge in [-0.05, 0) is 43.5 Å². The molecule has 2 saturated heterocycles. The van der Waals surface area contributed by atoms with Gasteiger partial charge in [-0.25, -0.2) is 0 Å². The third-order valence-electron chi connectivity index (χ3n) is 5.41. The first-order valence-corrected chi connectivity index (χ1v) is 9.09. The van der Waals surface area contributed by atoms with Gasteiger partial charge in [0, 0.05) is 38.4 Å². The van der Waals surface area contributed by atoms with Gasteiger partial charge in [0.2, 0.25) is 0 Å². The number of carbonyl (C=O) groups is 2. The van der Waals surface area contributed by atoms with Gasteiger partial charge in [0.25, 0.3) is 0 Å². The molecule has 6 heteroatoms. The summed E-state index contributed by atoms with van der Waals surface area (Å²) >= 11 is 0. The van der Waals surface area contributed by atoms with Gasteiger partial charge in [0.15, 0.2) is 0 Å². The van der Waals surface area contributed by atoms with Crippen molar-refractivity contribution in [1.82, 2.24) is 9.80 Å². The Hall–Kier alpha value is -2.08. The fraction of sp³-hybridized carbons (Fsp3) is 0.579. The van der Waals surface area contributed by atoms with E-state index in [0.29, 0.717) is 12.5 Å². The lowest BCUT2D eigenvalue weighted by molar-refractivity contribution is -0.147. The summed E-state index contributed by atoms with van der Waals surface area (Å²) < 4.78 is 0. The zero-order valence-electron chi connectivity index (χ0n) is 15.1. The van der Waals surface area contributed by atoms with Crippen LogP contribution in [0.25, 0.3) is 0 Å². The second-order valence-electron chi connectivity index (χ2n) is 7.41. The van der Waals surface area contributed by atoms with E-state index >= 15 is 0 Å². The van der Waals surface area contributed by atoms with Crippen LogP contribution in [0, 0.1) is 5.92 Å². The van der Waals surface area contributed by atoms with Gasteiger partial charge in [-0.1, -0.05) is 19.1 Å². The SMILES string of the molecule is C[C@H]1CC[C@H](c2cccc(N3CCN(C)CC3)c2)N(C(=O)C(N)=O)C1. The van der Waals surface area contributed by atoms with Gasteiger partial charge in [0.1, 0.15) is 0 Å². The van der Waals surface area contributed by atoms with Crippen LogP contribution >= 0.6 is 0 Å². The normalized spacial score (nSPS) is 25.0. The van der Waals surface area contributed by atoms with Crippen LogP contribution in [0.15, 0.2) is 24.3 Å². The quantitative estimate of drug-likeness (QED) is 0.819. The molecule has 0 aromatic heterocycles. The molecule has 0 saturated carbocycles. The Morgan fingerprint density at radius 2 is 1.84 bits per heavy atom. The largest absolute Gasteiger partial charge is 0.369 e. The highest BCUT2D eigenvalue weighted by Crippen LogP contribution is 2.34. The number of primary amides is 1. The Morgan fingerprint density at radius 1 is 1.12 bits per heavy atom. The Kier molecular flexibility index (Phi) is 5.27. The van der Waals surface area contributed by atoms with Crippen LogP contribution in [0.1, 0.15) is 31.4 Å². The zero-order valence-corrected chi connectivity index (χ0v) is 15.1. The third-order valence-corrected chi connectivity index (χ3v) is 5.41. The number of amides is 2. The van der Waals surface area contributed by atoms with Gasteiger partial charge in [0.05, 0.1) is 6.04 Å². The summed E-state index contributed by atoms with van der Waals surface area (Å²) in [6.07, 6.45) is 1.92. The van der Waals surface area contributed by atoms with E-state index in [2.05, 4.69) is 42.0 Å². The lowest BCUT2D eigenvalue weighted by atomic mass is 9.89. The van der Waals surface area contributed by atoms with E-state index in [9.17, 15) is 9.59 Å². The highest BCUT2D eigenvalue weighted by molar-refractivity contribution is 6.34. The molecule has 3 rings (SSSR count). The fourth-order valence-corrected chi connectivity index (χ4v) is 3.86. The molecule has 0 aliphatic carbocycles. The summed E-state index contributed by atoms with van der Waals surface area (Å²) in [7, 11) is 2.14. The number of hydrogen-bond acceptors (Lipinski definition) is 4. The van der Waals surface area contributed by atoms with E-state index in [1.807, 2.05) is 6.07 Å². The number of likely N-dealkylation sites (tertiary alicyclic amines) is 1. The molecular formula is C19H28N4O2. The van der Waals surface area contributed by atoms with Crippen LogP contribution in [0.2, 0.25) is 0 Å². The van der Waals surface area contributed by atoms with Crippen molar-refractivity contribution < 1.29 is 9.59 Å². The maximum absolute atomic E-state index is 12.3. The number of carbonyl (C=O) groups excluding carboxylic acids is 2. The number of nitrogens with zero attached hydrogens (tertiary/aromatic N) is 3. The Bertz CT molecular complexity index is 640. The summed E-state index contributed by atoms with van der Waals surface area (Å²) in [4.78, 5) is 30.1. The summed E-state index contributed by atoms with van der Waals surface area (Å²) in [5.74, 6) is -1.05. The lowest BCUT2D eigenvalue weighted by Crippen LogP contribution is -2.47. The zero-order chi connectivity index (χ0) is 18.0. The molecule has 1 aromatic rings. The summed E-state index contributed by atoms with van der Waals surface area (Å²) in [6, 6.07) is 8.34. The second kappa shape index (κ2) is 7.44. The van der Waals surface area contributed by atoms with Crippen molar-refractivity contribution in [2.45, 2.75) is 25.8 Å². The van der Waals surface area contributed by atoms with Crippen molar-refractivity contribution in [1.29, 1.82) is 0 Å². The fourth-order valence-electron chi connectivity index (χ4n) is 3.86. The van der Waals surface area contributed by atoms with Crippen LogP contribution in [-0.2, 0) is 9.59 Å². The van der Waals surface area contributed by atoms with E-state index in [0.717, 1.165) is 44.6 Å². The number of nitrogens with two attached hydrogens (primary N) is 1. The number of likely N-dealkylation sites (N-methyl/N-ethyl adjacent to an activating group) is 1. The highest BCUT2D eigenvalue weighted by Gasteiger charge is 2.33.